The Hall–Kier alpha value is -1.32. The molecule has 1 rings (SSSR count). The van der Waals surface area contributed by atoms with Gasteiger partial charge < -0.3 is 9.47 Å². The van der Waals surface area contributed by atoms with Crippen LogP contribution in [0.5, 0.6) is 0 Å². The van der Waals surface area contributed by atoms with E-state index in [0.717, 1.165) is 25.7 Å². The van der Waals surface area contributed by atoms with E-state index in [1.165, 1.54) is 38.5 Å². The van der Waals surface area contributed by atoms with Crippen molar-refractivity contribution in [1.29, 1.82) is 0 Å². The largest absolute Gasteiger partial charge is 0.465 e. The zero-order chi connectivity index (χ0) is 19.0. The van der Waals surface area contributed by atoms with Crippen molar-refractivity contribution in [2.24, 2.45) is 11.8 Å². The molecular formula is C22H38O4. The van der Waals surface area contributed by atoms with Gasteiger partial charge in [0, 0.05) is 0 Å². The number of unbranched alkanes of at least 4 members (excludes halogenated alkanes) is 8. The first kappa shape index (κ1) is 22.7. The SMILES string of the molecule is CCCCCCCOC(=O)C1CC=CCC1C(=O)OCCCCCCC. The first-order valence-electron chi connectivity index (χ1n) is 10.7. The molecule has 26 heavy (non-hydrogen) atoms. The minimum Gasteiger partial charge on any atom is -0.465 e. The van der Waals surface area contributed by atoms with Gasteiger partial charge in [0.25, 0.3) is 0 Å². The van der Waals surface area contributed by atoms with Gasteiger partial charge in [-0.25, -0.2) is 0 Å². The number of allylic oxidation sites excluding steroid dienone is 2. The van der Waals surface area contributed by atoms with Gasteiger partial charge in [-0.15, -0.1) is 0 Å². The van der Waals surface area contributed by atoms with E-state index in [-0.39, 0.29) is 23.8 Å². The van der Waals surface area contributed by atoms with Crippen LogP contribution < -0.4 is 0 Å². The third-order valence-corrected chi connectivity index (χ3v) is 5.02. The third kappa shape index (κ3) is 9.40. The molecule has 0 saturated heterocycles. The van der Waals surface area contributed by atoms with Gasteiger partial charge >= 0.3 is 11.9 Å². The summed E-state index contributed by atoms with van der Waals surface area (Å²) < 4.78 is 10.9. The van der Waals surface area contributed by atoms with Gasteiger partial charge in [0.05, 0.1) is 25.0 Å². The van der Waals surface area contributed by atoms with Gasteiger partial charge in [0.15, 0.2) is 0 Å². The summed E-state index contributed by atoms with van der Waals surface area (Å²) in [7, 11) is 0. The Kier molecular flexibility index (Phi) is 12.9. The van der Waals surface area contributed by atoms with Crippen LogP contribution in [0, 0.1) is 11.8 Å². The molecule has 1 aliphatic carbocycles. The van der Waals surface area contributed by atoms with Crippen LogP contribution >= 0.6 is 0 Å². The molecule has 0 aromatic carbocycles. The summed E-state index contributed by atoms with van der Waals surface area (Å²) in [5, 5.41) is 0. The van der Waals surface area contributed by atoms with Crippen molar-refractivity contribution in [2.45, 2.75) is 90.9 Å². The first-order valence-corrected chi connectivity index (χ1v) is 10.7. The monoisotopic (exact) mass is 366 g/mol. The average molecular weight is 367 g/mol. The highest BCUT2D eigenvalue weighted by molar-refractivity contribution is 5.82. The second-order valence-corrected chi connectivity index (χ2v) is 7.32. The van der Waals surface area contributed by atoms with E-state index < -0.39 is 0 Å². The lowest BCUT2D eigenvalue weighted by molar-refractivity contribution is -0.161. The molecule has 0 radical (unpaired) electrons. The molecule has 0 aliphatic heterocycles. The van der Waals surface area contributed by atoms with Crippen molar-refractivity contribution in [3.8, 4) is 0 Å². The molecule has 4 heteroatoms. The molecular weight excluding hydrogens is 328 g/mol. The zero-order valence-electron chi connectivity index (χ0n) is 16.8. The fraction of sp³-hybridized carbons (Fsp3) is 0.818. The van der Waals surface area contributed by atoms with Crippen LogP contribution in [0.4, 0.5) is 0 Å². The quantitative estimate of drug-likeness (QED) is 0.228. The molecule has 0 amide bonds. The van der Waals surface area contributed by atoms with Crippen LogP contribution in [-0.4, -0.2) is 25.2 Å². The number of carbonyl (C=O) groups excluding carboxylic acids is 2. The van der Waals surface area contributed by atoms with Crippen molar-refractivity contribution >= 4 is 11.9 Å². The van der Waals surface area contributed by atoms with Crippen LogP contribution in [0.3, 0.4) is 0 Å². The molecule has 0 spiro atoms. The van der Waals surface area contributed by atoms with Crippen LogP contribution in [0.2, 0.25) is 0 Å². The smallest absolute Gasteiger partial charge is 0.310 e. The van der Waals surface area contributed by atoms with Gasteiger partial charge in [-0.05, 0) is 25.7 Å². The van der Waals surface area contributed by atoms with E-state index in [4.69, 9.17) is 9.47 Å². The lowest BCUT2D eigenvalue weighted by atomic mass is 9.83. The number of hydrogen-bond acceptors (Lipinski definition) is 4. The van der Waals surface area contributed by atoms with Gasteiger partial charge in [-0.3, -0.25) is 9.59 Å². The van der Waals surface area contributed by atoms with Gasteiger partial charge in [-0.2, -0.15) is 0 Å². The lowest BCUT2D eigenvalue weighted by Crippen LogP contribution is -2.34. The molecule has 0 N–H and O–H groups in total. The van der Waals surface area contributed by atoms with Crippen LogP contribution in [-0.2, 0) is 19.1 Å². The molecule has 2 atom stereocenters. The van der Waals surface area contributed by atoms with E-state index in [0.29, 0.717) is 26.1 Å². The Balaban J connectivity index is 2.30. The highest BCUT2D eigenvalue weighted by atomic mass is 16.5. The number of esters is 2. The van der Waals surface area contributed by atoms with Gasteiger partial charge in [-0.1, -0.05) is 77.4 Å². The van der Waals surface area contributed by atoms with E-state index in [9.17, 15) is 9.59 Å². The molecule has 4 nitrogen and oxygen atoms in total. The molecule has 0 heterocycles. The Morgan fingerprint density at radius 3 is 1.46 bits per heavy atom. The minimum atomic E-state index is -0.386. The summed E-state index contributed by atoms with van der Waals surface area (Å²) >= 11 is 0. The fourth-order valence-electron chi connectivity index (χ4n) is 3.31. The third-order valence-electron chi connectivity index (χ3n) is 5.02. The van der Waals surface area contributed by atoms with Crippen molar-refractivity contribution in [1.82, 2.24) is 0 Å². The predicted molar refractivity (Wildman–Crippen MR) is 105 cm³/mol. The van der Waals surface area contributed by atoms with Crippen molar-refractivity contribution in [2.75, 3.05) is 13.2 Å². The summed E-state index contributed by atoms with van der Waals surface area (Å²) in [5.74, 6) is -1.25. The molecule has 0 aromatic heterocycles. The van der Waals surface area contributed by atoms with E-state index in [1.807, 2.05) is 12.2 Å². The molecule has 150 valence electrons. The zero-order valence-corrected chi connectivity index (χ0v) is 16.8. The predicted octanol–water partition coefficient (Wildman–Crippen LogP) is 5.60. The Morgan fingerprint density at radius 2 is 1.08 bits per heavy atom. The summed E-state index contributed by atoms with van der Waals surface area (Å²) in [6, 6.07) is 0. The van der Waals surface area contributed by atoms with Gasteiger partial charge in [0.2, 0.25) is 0 Å². The maximum Gasteiger partial charge on any atom is 0.310 e. The molecule has 2 unspecified atom stereocenters. The van der Waals surface area contributed by atoms with Crippen molar-refractivity contribution in [3.05, 3.63) is 12.2 Å². The summed E-state index contributed by atoms with van der Waals surface area (Å²) in [5.41, 5.74) is 0. The summed E-state index contributed by atoms with van der Waals surface area (Å²) in [4.78, 5) is 24.8. The van der Waals surface area contributed by atoms with Crippen molar-refractivity contribution in [3.63, 3.8) is 0 Å². The molecule has 0 aromatic rings. The maximum absolute atomic E-state index is 12.4. The Bertz CT molecular complexity index is 378. The van der Waals surface area contributed by atoms with Crippen molar-refractivity contribution < 1.29 is 19.1 Å². The Morgan fingerprint density at radius 1 is 0.692 bits per heavy atom. The normalized spacial score (nSPS) is 19.3. The second-order valence-electron chi connectivity index (χ2n) is 7.32. The highest BCUT2D eigenvalue weighted by Crippen LogP contribution is 2.28. The van der Waals surface area contributed by atoms with E-state index in [2.05, 4.69) is 13.8 Å². The Labute approximate surface area is 159 Å². The standard InChI is InChI=1S/C22H38O4/c1-3-5-7-9-13-17-25-21(23)19-15-11-12-16-20(19)22(24)26-18-14-10-8-6-4-2/h11-12,19-20H,3-10,13-18H2,1-2H3. The minimum absolute atomic E-state index is 0.241. The molecule has 1 aliphatic rings. The number of hydrogen-bond donors (Lipinski definition) is 0. The van der Waals surface area contributed by atoms with Crippen LogP contribution in [0.1, 0.15) is 90.9 Å². The maximum atomic E-state index is 12.4. The summed E-state index contributed by atoms with van der Waals surface area (Å²) in [6.07, 6.45) is 16.3. The lowest BCUT2D eigenvalue weighted by Gasteiger charge is -2.25. The van der Waals surface area contributed by atoms with Crippen LogP contribution in [0.25, 0.3) is 0 Å². The number of ether oxygens (including phenoxy) is 2. The van der Waals surface area contributed by atoms with Crippen LogP contribution in [0.15, 0.2) is 12.2 Å². The molecule has 0 saturated carbocycles. The van der Waals surface area contributed by atoms with Gasteiger partial charge in [0.1, 0.15) is 0 Å². The van der Waals surface area contributed by atoms with E-state index in [1.54, 1.807) is 0 Å². The fourth-order valence-corrected chi connectivity index (χ4v) is 3.31. The second kappa shape index (κ2) is 14.8. The first-order chi connectivity index (χ1) is 12.7. The number of carbonyl (C=O) groups is 2. The average Bonchev–Trinajstić information content (AvgIpc) is 2.67. The molecule has 0 bridgehead atoms. The topological polar surface area (TPSA) is 52.6 Å². The summed E-state index contributed by atoms with van der Waals surface area (Å²) in [6.45, 7) is 5.28. The molecule has 0 fully saturated rings. The van der Waals surface area contributed by atoms with E-state index >= 15 is 0 Å². The highest BCUT2D eigenvalue weighted by Gasteiger charge is 2.36. The number of rotatable bonds is 14.